The first-order valence-electron chi connectivity index (χ1n) is 9.17. The second kappa shape index (κ2) is 8.66. The van der Waals surface area contributed by atoms with Gasteiger partial charge in [-0.3, -0.25) is 9.59 Å². The highest BCUT2D eigenvalue weighted by Crippen LogP contribution is 2.21. The first-order valence-corrected chi connectivity index (χ1v) is 9.80. The van der Waals surface area contributed by atoms with Crippen molar-refractivity contribution in [2.24, 2.45) is 5.73 Å². The number of hydrogen-bond acceptors (Lipinski definition) is 5. The molecule has 1 aliphatic rings. The fourth-order valence-electron chi connectivity index (χ4n) is 3.58. The van der Waals surface area contributed by atoms with E-state index < -0.39 is 30.0 Å². The maximum Gasteiger partial charge on any atom is 0.326 e. The van der Waals surface area contributed by atoms with E-state index in [1.807, 2.05) is 24.3 Å². The van der Waals surface area contributed by atoms with Gasteiger partial charge in [-0.25, -0.2) is 4.79 Å². The molecule has 1 fully saturated rings. The van der Waals surface area contributed by atoms with Crippen LogP contribution in [0.3, 0.4) is 0 Å². The molecule has 150 valence electrons. The van der Waals surface area contributed by atoms with Crippen molar-refractivity contribution in [3.8, 4) is 0 Å². The van der Waals surface area contributed by atoms with E-state index in [9.17, 15) is 19.5 Å². The number of rotatable bonds is 7. The lowest BCUT2D eigenvalue weighted by Crippen LogP contribution is -2.54. The lowest BCUT2D eigenvalue weighted by molar-refractivity contribution is -0.144. The second-order valence-corrected chi connectivity index (χ2v) is 7.31. The third-order valence-electron chi connectivity index (χ3n) is 5.07. The summed E-state index contributed by atoms with van der Waals surface area (Å²) >= 11 is 4.04. The summed E-state index contributed by atoms with van der Waals surface area (Å²) in [6.07, 6.45) is 3.05. The number of hydrogen-bond donors (Lipinski definition) is 5. The largest absolute Gasteiger partial charge is 0.480 e. The molecule has 2 heterocycles. The Balaban J connectivity index is 1.72. The lowest BCUT2D eigenvalue weighted by Gasteiger charge is -2.27. The van der Waals surface area contributed by atoms with Crippen LogP contribution in [0.1, 0.15) is 18.4 Å². The van der Waals surface area contributed by atoms with Crippen molar-refractivity contribution in [3.05, 3.63) is 36.0 Å². The minimum atomic E-state index is -1.12. The zero-order valence-corrected chi connectivity index (χ0v) is 16.2. The van der Waals surface area contributed by atoms with E-state index in [-0.39, 0.29) is 18.1 Å². The summed E-state index contributed by atoms with van der Waals surface area (Å²) in [6, 6.07) is 4.99. The van der Waals surface area contributed by atoms with Crippen LogP contribution in [0.5, 0.6) is 0 Å². The molecule has 28 heavy (non-hydrogen) atoms. The van der Waals surface area contributed by atoms with Crippen LogP contribution in [-0.4, -0.2) is 63.2 Å². The van der Waals surface area contributed by atoms with E-state index in [0.29, 0.717) is 19.4 Å². The molecule has 9 heteroatoms. The fourth-order valence-corrected chi connectivity index (χ4v) is 3.74. The molecule has 0 unspecified atom stereocenters. The maximum atomic E-state index is 12.7. The smallest absolute Gasteiger partial charge is 0.326 e. The molecule has 1 aromatic carbocycles. The van der Waals surface area contributed by atoms with Gasteiger partial charge in [0.05, 0.1) is 6.04 Å². The van der Waals surface area contributed by atoms with Crippen LogP contribution in [-0.2, 0) is 20.8 Å². The van der Waals surface area contributed by atoms with Crippen molar-refractivity contribution in [2.45, 2.75) is 37.4 Å². The Morgan fingerprint density at radius 2 is 2.11 bits per heavy atom. The van der Waals surface area contributed by atoms with Crippen LogP contribution in [0.4, 0.5) is 0 Å². The van der Waals surface area contributed by atoms with Gasteiger partial charge in [-0.05, 0) is 24.5 Å². The highest BCUT2D eigenvalue weighted by atomic mass is 32.1. The number of aromatic nitrogens is 1. The van der Waals surface area contributed by atoms with Crippen LogP contribution in [0.2, 0.25) is 0 Å². The van der Waals surface area contributed by atoms with Crippen molar-refractivity contribution in [1.29, 1.82) is 0 Å². The quantitative estimate of drug-likeness (QED) is 0.430. The van der Waals surface area contributed by atoms with Gasteiger partial charge in [0.1, 0.15) is 12.1 Å². The average Bonchev–Trinajstić information content (AvgIpc) is 3.33. The highest BCUT2D eigenvalue weighted by Gasteiger charge is 2.37. The minimum Gasteiger partial charge on any atom is -0.480 e. The Labute approximate surface area is 167 Å². The van der Waals surface area contributed by atoms with Gasteiger partial charge in [0, 0.05) is 35.8 Å². The maximum absolute atomic E-state index is 12.7. The third-order valence-corrected chi connectivity index (χ3v) is 5.46. The predicted molar refractivity (Wildman–Crippen MR) is 108 cm³/mol. The number of likely N-dealkylation sites (tertiary alicyclic amines) is 1. The number of carboxylic acid groups (broad SMARTS) is 1. The van der Waals surface area contributed by atoms with E-state index >= 15 is 0 Å². The van der Waals surface area contributed by atoms with Crippen molar-refractivity contribution < 1.29 is 19.5 Å². The molecule has 1 aliphatic heterocycles. The fraction of sp³-hybridized carbons (Fsp3) is 0.421. The number of para-hydroxylation sites is 1. The van der Waals surface area contributed by atoms with Gasteiger partial charge in [0.15, 0.2) is 0 Å². The van der Waals surface area contributed by atoms with Crippen molar-refractivity contribution in [3.63, 3.8) is 0 Å². The van der Waals surface area contributed by atoms with E-state index in [0.717, 1.165) is 16.5 Å². The number of H-pyrrole nitrogens is 1. The number of aliphatic carboxylic acids is 1. The van der Waals surface area contributed by atoms with Gasteiger partial charge in [-0.2, -0.15) is 12.6 Å². The molecule has 0 bridgehead atoms. The van der Waals surface area contributed by atoms with Crippen molar-refractivity contribution in [2.75, 3.05) is 12.3 Å². The van der Waals surface area contributed by atoms with Crippen LogP contribution in [0.15, 0.2) is 30.5 Å². The van der Waals surface area contributed by atoms with Crippen LogP contribution in [0, 0.1) is 0 Å². The van der Waals surface area contributed by atoms with Crippen LogP contribution in [0.25, 0.3) is 10.9 Å². The van der Waals surface area contributed by atoms with Crippen LogP contribution >= 0.6 is 12.6 Å². The Morgan fingerprint density at radius 1 is 1.36 bits per heavy atom. The molecule has 5 N–H and O–H groups in total. The van der Waals surface area contributed by atoms with Gasteiger partial charge >= 0.3 is 5.97 Å². The Kier molecular flexibility index (Phi) is 6.25. The number of carbonyl (C=O) groups excluding carboxylic acids is 2. The monoisotopic (exact) mass is 404 g/mol. The first-order chi connectivity index (χ1) is 13.4. The number of fused-ring (bicyclic) bond motifs is 1. The van der Waals surface area contributed by atoms with Crippen molar-refractivity contribution >= 4 is 41.3 Å². The summed E-state index contributed by atoms with van der Waals surface area (Å²) < 4.78 is 0. The topological polar surface area (TPSA) is 129 Å². The van der Waals surface area contributed by atoms with Crippen LogP contribution < -0.4 is 11.1 Å². The Hall–Kier alpha value is -2.52. The average molecular weight is 404 g/mol. The molecule has 2 amide bonds. The Morgan fingerprint density at radius 3 is 2.82 bits per heavy atom. The molecule has 0 radical (unpaired) electrons. The molecule has 0 spiro atoms. The molecule has 3 rings (SSSR count). The normalized spacial score (nSPS) is 18.8. The molecule has 1 saturated heterocycles. The van der Waals surface area contributed by atoms with Gasteiger partial charge in [-0.1, -0.05) is 18.2 Å². The van der Waals surface area contributed by atoms with E-state index in [4.69, 9.17) is 5.73 Å². The number of aromatic amines is 1. The molecule has 0 aliphatic carbocycles. The zero-order chi connectivity index (χ0) is 20.3. The lowest BCUT2D eigenvalue weighted by atomic mass is 10.0. The summed E-state index contributed by atoms with van der Waals surface area (Å²) in [5, 5.41) is 13.1. The standard InChI is InChI=1S/C19H24N4O4S/c20-13(10-28)18(25)23-7-3-6-16(23)17(24)22-15(19(26)27)8-11-9-21-14-5-2-1-4-12(11)14/h1-2,4-5,9,13,15-16,21,28H,3,6-8,10,20H2,(H,22,24)(H,26,27)/t13-,15-,16-/m0/s1. The third kappa shape index (κ3) is 4.15. The number of benzene rings is 1. The Bertz CT molecular complexity index is 884. The molecule has 8 nitrogen and oxygen atoms in total. The van der Waals surface area contributed by atoms with E-state index in [1.165, 1.54) is 4.90 Å². The summed E-state index contributed by atoms with van der Waals surface area (Å²) in [7, 11) is 0. The first kappa shape index (κ1) is 20.2. The summed E-state index contributed by atoms with van der Waals surface area (Å²) in [5.41, 5.74) is 7.46. The number of carboxylic acids is 1. The molecule has 2 aromatic rings. The van der Waals surface area contributed by atoms with Gasteiger partial charge in [-0.15, -0.1) is 0 Å². The number of nitrogens with zero attached hydrogens (tertiary/aromatic N) is 1. The highest BCUT2D eigenvalue weighted by molar-refractivity contribution is 7.80. The summed E-state index contributed by atoms with van der Waals surface area (Å²) in [4.78, 5) is 41.4. The molecule has 0 saturated carbocycles. The number of thiol groups is 1. The minimum absolute atomic E-state index is 0.141. The number of nitrogens with two attached hydrogens (primary N) is 1. The van der Waals surface area contributed by atoms with Gasteiger partial charge in [0.25, 0.3) is 0 Å². The summed E-state index contributed by atoms with van der Waals surface area (Å²) in [6.45, 7) is 0.429. The van der Waals surface area contributed by atoms with E-state index in [2.05, 4.69) is 22.9 Å². The number of carbonyl (C=O) groups is 3. The zero-order valence-electron chi connectivity index (χ0n) is 15.3. The second-order valence-electron chi connectivity index (χ2n) is 6.94. The molecule has 1 aromatic heterocycles. The summed E-state index contributed by atoms with van der Waals surface area (Å²) in [5.74, 6) is -1.75. The van der Waals surface area contributed by atoms with Gasteiger partial charge < -0.3 is 26.0 Å². The molecular formula is C19H24N4O4S. The van der Waals surface area contributed by atoms with Crippen molar-refractivity contribution in [1.82, 2.24) is 15.2 Å². The SMILES string of the molecule is N[C@@H](CS)C(=O)N1CCC[C@H]1C(=O)N[C@@H](Cc1c[nH]c2ccccc12)C(=O)O. The van der Waals surface area contributed by atoms with Gasteiger partial charge in [0.2, 0.25) is 11.8 Å². The van der Waals surface area contributed by atoms with E-state index in [1.54, 1.807) is 6.20 Å². The predicted octanol–water partition coefficient (Wildman–Crippen LogP) is 0.528. The molecular weight excluding hydrogens is 380 g/mol. The number of amides is 2. The molecule has 3 atom stereocenters. The number of nitrogens with one attached hydrogen (secondary N) is 2.